The van der Waals surface area contributed by atoms with Crippen LogP contribution in [0, 0.1) is 0 Å². The molecule has 1 atom stereocenters. The van der Waals surface area contributed by atoms with Crippen molar-refractivity contribution in [3.8, 4) is 34.1 Å². The van der Waals surface area contributed by atoms with E-state index in [1.807, 2.05) is 32.0 Å². The molecule has 0 saturated heterocycles. The number of halogens is 3. The zero-order valence-electron chi connectivity index (χ0n) is 21.8. The normalized spacial score (nSPS) is 13.6. The summed E-state index contributed by atoms with van der Waals surface area (Å²) in [4.78, 5) is 10.9. The van der Waals surface area contributed by atoms with E-state index in [0.29, 0.717) is 66.8 Å². The number of hydrogen-bond acceptors (Lipinski definition) is 5. The van der Waals surface area contributed by atoms with Crippen LogP contribution in [0.2, 0.25) is 0 Å². The minimum atomic E-state index is -4.50. The lowest BCUT2D eigenvalue weighted by molar-refractivity contribution is -0.138. The summed E-state index contributed by atoms with van der Waals surface area (Å²) in [6.45, 7) is 4.95. The van der Waals surface area contributed by atoms with Gasteiger partial charge in [0.15, 0.2) is 11.5 Å². The molecule has 0 aromatic heterocycles. The summed E-state index contributed by atoms with van der Waals surface area (Å²) in [5, 5.41) is 8.95. The van der Waals surface area contributed by atoms with Crippen LogP contribution in [-0.4, -0.2) is 37.0 Å². The van der Waals surface area contributed by atoms with Gasteiger partial charge in [-0.15, -0.1) is 0 Å². The van der Waals surface area contributed by atoms with Crippen molar-refractivity contribution in [3.63, 3.8) is 0 Å². The maximum absolute atomic E-state index is 13.5. The third kappa shape index (κ3) is 7.37. The van der Waals surface area contributed by atoms with Crippen molar-refractivity contribution >= 4 is 5.97 Å². The molecule has 1 aliphatic heterocycles. The Hall–Kier alpha value is -3.88. The Morgan fingerprint density at radius 2 is 1.77 bits per heavy atom. The molecule has 6 nitrogen and oxygen atoms in total. The maximum atomic E-state index is 13.5. The van der Waals surface area contributed by atoms with Gasteiger partial charge in [-0.25, -0.2) is 0 Å². The minimum absolute atomic E-state index is 0.0697. The Morgan fingerprint density at radius 3 is 2.49 bits per heavy atom. The predicted octanol–water partition coefficient (Wildman–Crippen LogP) is 6.96. The van der Waals surface area contributed by atoms with Crippen LogP contribution in [0.5, 0.6) is 23.0 Å². The van der Waals surface area contributed by atoms with Gasteiger partial charge in [0.25, 0.3) is 0 Å². The van der Waals surface area contributed by atoms with E-state index in [1.54, 1.807) is 18.2 Å². The molecular weight excluding hydrogens is 513 g/mol. The van der Waals surface area contributed by atoms with Gasteiger partial charge in [0.05, 0.1) is 18.3 Å². The highest BCUT2D eigenvalue weighted by Crippen LogP contribution is 2.41. The second kappa shape index (κ2) is 12.3. The number of aryl methyl sites for hydroxylation is 2. The first-order valence-electron chi connectivity index (χ1n) is 12.9. The highest BCUT2D eigenvalue weighted by Gasteiger charge is 2.31. The molecule has 39 heavy (non-hydrogen) atoms. The first-order valence-corrected chi connectivity index (χ1v) is 12.9. The quantitative estimate of drug-likeness (QED) is 0.281. The first kappa shape index (κ1) is 28.1. The third-order valence-electron chi connectivity index (χ3n) is 6.45. The highest BCUT2D eigenvalue weighted by molar-refractivity contribution is 5.74. The fourth-order valence-electron chi connectivity index (χ4n) is 4.37. The molecule has 1 aliphatic rings. The van der Waals surface area contributed by atoms with Crippen molar-refractivity contribution in [3.05, 3.63) is 71.3 Å². The van der Waals surface area contributed by atoms with Crippen LogP contribution in [0.4, 0.5) is 13.2 Å². The van der Waals surface area contributed by atoms with Crippen molar-refractivity contribution in [1.82, 2.24) is 0 Å². The third-order valence-corrected chi connectivity index (χ3v) is 6.45. The zero-order valence-corrected chi connectivity index (χ0v) is 21.8. The SMILES string of the molecule is CCc1cc(OCC[C@@H](C)Oc2ccc(C(F)(F)F)cc2-c2ccc3c(c2)OCCO3)ccc1CCC(=O)O. The number of alkyl halides is 3. The van der Waals surface area contributed by atoms with Gasteiger partial charge in [-0.3, -0.25) is 4.79 Å². The zero-order chi connectivity index (χ0) is 28.0. The van der Waals surface area contributed by atoms with Gasteiger partial charge in [-0.2, -0.15) is 13.2 Å². The van der Waals surface area contributed by atoms with E-state index >= 15 is 0 Å². The molecule has 1 N–H and O–H groups in total. The number of carboxylic acid groups (broad SMARTS) is 1. The van der Waals surface area contributed by atoms with Crippen LogP contribution in [-0.2, 0) is 23.8 Å². The molecule has 208 valence electrons. The summed E-state index contributed by atoms with van der Waals surface area (Å²) in [5.74, 6) is 1.18. The van der Waals surface area contributed by atoms with Gasteiger partial charge in [0.1, 0.15) is 24.7 Å². The Morgan fingerprint density at radius 1 is 1.00 bits per heavy atom. The summed E-state index contributed by atoms with van der Waals surface area (Å²) in [6.07, 6.45) is -3.08. The Bertz CT molecular complexity index is 1300. The van der Waals surface area contributed by atoms with Crippen LogP contribution in [0.3, 0.4) is 0 Å². The van der Waals surface area contributed by atoms with Crippen LogP contribution < -0.4 is 18.9 Å². The van der Waals surface area contributed by atoms with Crippen molar-refractivity contribution in [2.45, 2.75) is 51.8 Å². The molecular formula is C30H31F3O6. The fraction of sp³-hybridized carbons (Fsp3) is 0.367. The van der Waals surface area contributed by atoms with E-state index in [1.165, 1.54) is 6.07 Å². The average molecular weight is 545 g/mol. The number of carboxylic acids is 1. The highest BCUT2D eigenvalue weighted by atomic mass is 19.4. The Labute approximate surface area is 225 Å². The minimum Gasteiger partial charge on any atom is -0.493 e. The van der Waals surface area contributed by atoms with Gasteiger partial charge in [0.2, 0.25) is 0 Å². The molecule has 4 rings (SSSR count). The molecule has 0 spiro atoms. The summed E-state index contributed by atoms with van der Waals surface area (Å²) in [6, 6.07) is 14.1. The molecule has 0 fully saturated rings. The lowest BCUT2D eigenvalue weighted by Crippen LogP contribution is -2.17. The molecule has 3 aromatic carbocycles. The van der Waals surface area contributed by atoms with Crippen LogP contribution in [0.25, 0.3) is 11.1 Å². The van der Waals surface area contributed by atoms with Gasteiger partial charge < -0.3 is 24.1 Å². The fourth-order valence-corrected chi connectivity index (χ4v) is 4.37. The van der Waals surface area contributed by atoms with Crippen molar-refractivity contribution in [2.75, 3.05) is 19.8 Å². The average Bonchev–Trinajstić information content (AvgIpc) is 2.91. The van der Waals surface area contributed by atoms with E-state index in [-0.39, 0.29) is 12.5 Å². The number of aliphatic carboxylic acids is 1. The van der Waals surface area contributed by atoms with Gasteiger partial charge in [0, 0.05) is 18.4 Å². The molecule has 3 aromatic rings. The molecule has 9 heteroatoms. The number of rotatable bonds is 11. The van der Waals surface area contributed by atoms with E-state index in [9.17, 15) is 18.0 Å². The first-order chi connectivity index (χ1) is 18.6. The summed E-state index contributed by atoms with van der Waals surface area (Å²) < 4.78 is 63.7. The molecule has 0 radical (unpaired) electrons. The van der Waals surface area contributed by atoms with Crippen LogP contribution in [0.1, 0.15) is 43.4 Å². The van der Waals surface area contributed by atoms with E-state index in [4.69, 9.17) is 24.1 Å². The lowest BCUT2D eigenvalue weighted by Gasteiger charge is -2.21. The molecule has 0 saturated carbocycles. The molecule has 0 bridgehead atoms. The molecule has 1 heterocycles. The number of hydrogen-bond donors (Lipinski definition) is 1. The number of carbonyl (C=O) groups is 1. The summed E-state index contributed by atoms with van der Waals surface area (Å²) in [5.41, 5.74) is 2.08. The van der Waals surface area contributed by atoms with Gasteiger partial charge >= 0.3 is 12.1 Å². The predicted molar refractivity (Wildman–Crippen MR) is 140 cm³/mol. The number of benzene rings is 3. The van der Waals surface area contributed by atoms with Gasteiger partial charge in [-0.05, 0) is 78.9 Å². The van der Waals surface area contributed by atoms with Crippen molar-refractivity contribution < 1.29 is 42.0 Å². The lowest BCUT2D eigenvalue weighted by atomic mass is 10.0. The molecule has 0 unspecified atom stereocenters. The van der Waals surface area contributed by atoms with E-state index in [2.05, 4.69) is 0 Å². The van der Waals surface area contributed by atoms with Crippen LogP contribution in [0.15, 0.2) is 54.6 Å². The van der Waals surface area contributed by atoms with Crippen molar-refractivity contribution in [1.29, 1.82) is 0 Å². The summed E-state index contributed by atoms with van der Waals surface area (Å²) in [7, 11) is 0. The largest absolute Gasteiger partial charge is 0.493 e. The number of ether oxygens (including phenoxy) is 4. The second-order valence-corrected chi connectivity index (χ2v) is 9.31. The molecule has 0 amide bonds. The van der Waals surface area contributed by atoms with E-state index < -0.39 is 17.7 Å². The van der Waals surface area contributed by atoms with Crippen LogP contribution >= 0.6 is 0 Å². The van der Waals surface area contributed by atoms with Gasteiger partial charge in [-0.1, -0.05) is 19.1 Å². The Balaban J connectivity index is 1.45. The molecule has 0 aliphatic carbocycles. The second-order valence-electron chi connectivity index (χ2n) is 9.31. The standard InChI is InChI=1S/C30H31F3O6/c1-3-20-16-24(8-4-21(20)6-11-29(34)35)36-13-12-19(2)39-26-10-7-23(30(31,32)33)18-25(26)22-5-9-27-28(17-22)38-15-14-37-27/h4-5,7-10,16-19H,3,6,11-15H2,1-2H3,(H,34,35)/t19-/m1/s1. The summed E-state index contributed by atoms with van der Waals surface area (Å²) >= 11 is 0. The smallest absolute Gasteiger partial charge is 0.416 e. The topological polar surface area (TPSA) is 74.2 Å². The maximum Gasteiger partial charge on any atom is 0.416 e. The van der Waals surface area contributed by atoms with E-state index in [0.717, 1.165) is 29.7 Å². The monoisotopic (exact) mass is 544 g/mol. The van der Waals surface area contributed by atoms with Crippen molar-refractivity contribution in [2.24, 2.45) is 0 Å². The number of fused-ring (bicyclic) bond motifs is 1. The Kier molecular flexibility index (Phi) is 8.89.